The van der Waals surface area contributed by atoms with Crippen LogP contribution in [0.3, 0.4) is 0 Å². The summed E-state index contributed by atoms with van der Waals surface area (Å²) < 4.78 is 6.51. The number of halogens is 2. The van der Waals surface area contributed by atoms with E-state index in [-0.39, 0.29) is 11.8 Å². The van der Waals surface area contributed by atoms with E-state index >= 15 is 0 Å². The van der Waals surface area contributed by atoms with E-state index < -0.39 is 11.7 Å². The van der Waals surface area contributed by atoms with Gasteiger partial charge in [0, 0.05) is 19.1 Å². The molecule has 1 amide bonds. The lowest BCUT2D eigenvalue weighted by Crippen LogP contribution is -2.42. The zero-order valence-electron chi connectivity index (χ0n) is 13.9. The Hall–Kier alpha value is -0.790. The highest BCUT2D eigenvalue weighted by molar-refractivity contribution is 9.11. The van der Waals surface area contributed by atoms with Gasteiger partial charge in [0.2, 0.25) is 0 Å². The average Bonchev–Trinajstić information content (AvgIpc) is 2.42. The molecule has 0 aliphatic carbocycles. The maximum absolute atomic E-state index is 11.7. The van der Waals surface area contributed by atoms with Crippen molar-refractivity contribution in [2.24, 2.45) is 0 Å². The topological polar surface area (TPSA) is 70.6 Å². The van der Waals surface area contributed by atoms with Gasteiger partial charge in [-0.2, -0.15) is 0 Å². The molecule has 1 aromatic rings. The van der Waals surface area contributed by atoms with Gasteiger partial charge in [-0.1, -0.05) is 6.92 Å². The highest BCUT2D eigenvalue weighted by atomic mass is 79.9. The summed E-state index contributed by atoms with van der Waals surface area (Å²) in [4.78, 5) is 11.7. The standard InChI is InChI=1S/C16H24Br2N2O3/c1-5-11(9-20-15(22)23-16(2,3)4)19-8-10-6-12(17)14(21)13(18)7-10/h6-7,11,19,21H,5,8-9H2,1-4H3,(H,20,22). The van der Waals surface area contributed by atoms with Crippen molar-refractivity contribution in [1.82, 2.24) is 10.6 Å². The van der Waals surface area contributed by atoms with Crippen LogP contribution in [0.4, 0.5) is 4.79 Å². The summed E-state index contributed by atoms with van der Waals surface area (Å²) in [6.07, 6.45) is 0.462. The zero-order chi connectivity index (χ0) is 17.6. The second-order valence-electron chi connectivity index (χ2n) is 6.28. The number of alkyl carbamates (subject to hydrolysis) is 1. The fourth-order valence-corrected chi connectivity index (χ4v) is 3.15. The number of ether oxygens (including phenoxy) is 1. The Bertz CT molecular complexity index is 522. The molecule has 1 aromatic carbocycles. The molecule has 1 unspecified atom stereocenters. The van der Waals surface area contributed by atoms with Crippen molar-refractivity contribution in [3.05, 3.63) is 26.6 Å². The molecule has 0 bridgehead atoms. The third-order valence-electron chi connectivity index (χ3n) is 3.06. The maximum atomic E-state index is 11.7. The van der Waals surface area contributed by atoms with E-state index in [4.69, 9.17) is 4.74 Å². The predicted octanol–water partition coefficient (Wildman–Crippen LogP) is 4.31. The van der Waals surface area contributed by atoms with E-state index in [0.29, 0.717) is 22.0 Å². The van der Waals surface area contributed by atoms with Gasteiger partial charge >= 0.3 is 6.09 Å². The molecule has 0 heterocycles. The van der Waals surface area contributed by atoms with E-state index in [1.165, 1.54) is 0 Å². The van der Waals surface area contributed by atoms with Crippen molar-refractivity contribution in [3.8, 4) is 5.75 Å². The second kappa shape index (κ2) is 8.89. The summed E-state index contributed by atoms with van der Waals surface area (Å²) in [6, 6.07) is 3.86. The molecule has 1 rings (SSSR count). The Morgan fingerprint density at radius 2 is 1.87 bits per heavy atom. The number of phenolic OH excluding ortho intramolecular Hbond substituents is 1. The molecule has 5 nitrogen and oxygen atoms in total. The minimum Gasteiger partial charge on any atom is -0.506 e. The highest BCUT2D eigenvalue weighted by Crippen LogP contribution is 2.33. The van der Waals surface area contributed by atoms with E-state index in [1.54, 1.807) is 0 Å². The Morgan fingerprint density at radius 1 is 1.30 bits per heavy atom. The van der Waals surface area contributed by atoms with Gasteiger partial charge in [0.15, 0.2) is 0 Å². The predicted molar refractivity (Wildman–Crippen MR) is 98.7 cm³/mol. The maximum Gasteiger partial charge on any atom is 0.407 e. The number of phenols is 1. The van der Waals surface area contributed by atoms with Crippen LogP contribution >= 0.6 is 31.9 Å². The highest BCUT2D eigenvalue weighted by Gasteiger charge is 2.17. The van der Waals surface area contributed by atoms with Gasteiger partial charge in [0.05, 0.1) is 8.95 Å². The molecule has 0 spiro atoms. The summed E-state index contributed by atoms with van der Waals surface area (Å²) >= 11 is 6.63. The van der Waals surface area contributed by atoms with Crippen LogP contribution in [0.1, 0.15) is 39.7 Å². The molecule has 0 radical (unpaired) electrons. The van der Waals surface area contributed by atoms with Crippen molar-refractivity contribution in [3.63, 3.8) is 0 Å². The van der Waals surface area contributed by atoms with Gasteiger partial charge in [-0.3, -0.25) is 0 Å². The monoisotopic (exact) mass is 450 g/mol. The minimum atomic E-state index is -0.496. The number of rotatable bonds is 6. The summed E-state index contributed by atoms with van der Waals surface area (Å²) in [6.45, 7) is 8.68. The summed E-state index contributed by atoms with van der Waals surface area (Å²) in [7, 11) is 0. The largest absolute Gasteiger partial charge is 0.506 e. The van der Waals surface area contributed by atoms with Crippen LogP contribution < -0.4 is 10.6 Å². The fourth-order valence-electron chi connectivity index (χ4n) is 1.86. The molecule has 7 heteroatoms. The average molecular weight is 452 g/mol. The van der Waals surface area contributed by atoms with Crippen LogP contribution in [0.5, 0.6) is 5.75 Å². The number of nitrogens with one attached hydrogen (secondary N) is 2. The Balaban J connectivity index is 2.50. The molecule has 23 heavy (non-hydrogen) atoms. The van der Waals surface area contributed by atoms with Crippen molar-refractivity contribution in [2.45, 2.75) is 52.3 Å². The molecule has 0 aliphatic heterocycles. The third-order valence-corrected chi connectivity index (χ3v) is 4.27. The number of carbonyl (C=O) groups excluding carboxylic acids is 1. The van der Waals surface area contributed by atoms with Crippen molar-refractivity contribution in [2.75, 3.05) is 6.54 Å². The van der Waals surface area contributed by atoms with Gasteiger partial charge < -0.3 is 20.5 Å². The lowest BCUT2D eigenvalue weighted by Gasteiger charge is -2.22. The number of amides is 1. The summed E-state index contributed by atoms with van der Waals surface area (Å²) in [5.41, 5.74) is 0.529. The van der Waals surface area contributed by atoms with Gasteiger partial charge in [-0.05, 0) is 76.7 Å². The normalized spacial score (nSPS) is 12.8. The first-order valence-corrected chi connectivity index (χ1v) is 9.08. The number of hydrogen-bond acceptors (Lipinski definition) is 4. The lowest BCUT2D eigenvalue weighted by molar-refractivity contribution is 0.0522. The van der Waals surface area contributed by atoms with Gasteiger partial charge in [-0.25, -0.2) is 4.79 Å². The Labute approximate surface area is 154 Å². The zero-order valence-corrected chi connectivity index (χ0v) is 17.0. The van der Waals surface area contributed by atoms with Crippen LogP contribution in [-0.4, -0.2) is 29.4 Å². The molecule has 0 aromatic heterocycles. The SMILES string of the molecule is CCC(CNC(=O)OC(C)(C)C)NCc1cc(Br)c(O)c(Br)c1. The molecule has 3 N–H and O–H groups in total. The molecule has 130 valence electrons. The van der Waals surface area contributed by atoms with Crippen molar-refractivity contribution >= 4 is 38.0 Å². The van der Waals surface area contributed by atoms with Crippen LogP contribution in [-0.2, 0) is 11.3 Å². The Morgan fingerprint density at radius 3 is 2.35 bits per heavy atom. The fraction of sp³-hybridized carbons (Fsp3) is 0.562. The van der Waals surface area contributed by atoms with Crippen LogP contribution in [0.2, 0.25) is 0 Å². The minimum absolute atomic E-state index is 0.133. The number of aromatic hydroxyl groups is 1. The van der Waals surface area contributed by atoms with Gasteiger partial charge in [0.1, 0.15) is 11.4 Å². The van der Waals surface area contributed by atoms with Gasteiger partial charge in [-0.15, -0.1) is 0 Å². The van der Waals surface area contributed by atoms with Crippen LogP contribution in [0.15, 0.2) is 21.1 Å². The van der Waals surface area contributed by atoms with E-state index in [1.807, 2.05) is 32.9 Å². The van der Waals surface area contributed by atoms with Crippen molar-refractivity contribution < 1.29 is 14.6 Å². The number of carbonyl (C=O) groups is 1. The van der Waals surface area contributed by atoms with E-state index in [2.05, 4.69) is 49.4 Å². The smallest absolute Gasteiger partial charge is 0.407 e. The van der Waals surface area contributed by atoms with Crippen LogP contribution in [0, 0.1) is 0 Å². The number of benzene rings is 1. The Kier molecular flexibility index (Phi) is 7.83. The third kappa shape index (κ3) is 7.54. The summed E-state index contributed by atoms with van der Waals surface area (Å²) in [5.74, 6) is 0.187. The van der Waals surface area contributed by atoms with E-state index in [0.717, 1.165) is 12.0 Å². The van der Waals surface area contributed by atoms with E-state index in [9.17, 15) is 9.90 Å². The molecule has 1 atom stereocenters. The first kappa shape index (κ1) is 20.3. The summed E-state index contributed by atoms with van der Waals surface area (Å²) in [5, 5.41) is 15.9. The molecule has 0 saturated carbocycles. The molecule has 0 saturated heterocycles. The second-order valence-corrected chi connectivity index (χ2v) is 7.99. The lowest BCUT2D eigenvalue weighted by atomic mass is 10.1. The number of hydrogen-bond donors (Lipinski definition) is 3. The molecular formula is C16H24Br2N2O3. The van der Waals surface area contributed by atoms with Crippen LogP contribution in [0.25, 0.3) is 0 Å². The molecule has 0 fully saturated rings. The van der Waals surface area contributed by atoms with Crippen molar-refractivity contribution in [1.29, 1.82) is 0 Å². The first-order chi connectivity index (χ1) is 10.6. The first-order valence-electron chi connectivity index (χ1n) is 7.49. The quantitative estimate of drug-likeness (QED) is 0.602. The molecular weight excluding hydrogens is 428 g/mol. The van der Waals surface area contributed by atoms with Gasteiger partial charge in [0.25, 0.3) is 0 Å². The molecule has 0 aliphatic rings.